The summed E-state index contributed by atoms with van der Waals surface area (Å²) in [6.07, 6.45) is 2.58. The second kappa shape index (κ2) is 3.27. The van der Waals surface area contributed by atoms with Crippen LogP contribution < -0.4 is 0 Å². The fourth-order valence-corrected chi connectivity index (χ4v) is 1.87. The van der Waals surface area contributed by atoms with E-state index in [0.29, 0.717) is 0 Å². The molecule has 0 heterocycles. The molecule has 0 atom stereocenters. The van der Waals surface area contributed by atoms with Crippen LogP contribution >= 0.6 is 23.2 Å². The van der Waals surface area contributed by atoms with Crippen LogP contribution in [0, 0.1) is 0 Å². The first-order valence-corrected chi connectivity index (χ1v) is 5.03. The monoisotopic (exact) mass is 200 g/mol. The number of benzene rings is 1. The first-order chi connectivity index (χ1) is 5.79. The number of hydrogen-bond donors (Lipinski definition) is 0. The van der Waals surface area contributed by atoms with Gasteiger partial charge in [0.1, 0.15) is 4.84 Å². The molecule has 1 fully saturated rings. The maximum atomic E-state index is 5.85. The average molecular weight is 201 g/mol. The van der Waals surface area contributed by atoms with Crippen LogP contribution in [-0.2, 0) is 0 Å². The third kappa shape index (κ3) is 1.60. The summed E-state index contributed by atoms with van der Waals surface area (Å²) >= 11 is 11.7. The molecule has 1 aromatic carbocycles. The van der Waals surface area contributed by atoms with E-state index in [-0.39, 0.29) is 4.84 Å². The van der Waals surface area contributed by atoms with Crippen LogP contribution in [0.4, 0.5) is 0 Å². The van der Waals surface area contributed by atoms with Gasteiger partial charge in [0.15, 0.2) is 0 Å². The summed E-state index contributed by atoms with van der Waals surface area (Å²) in [6, 6.07) is 8.18. The molecule has 1 aliphatic carbocycles. The minimum Gasteiger partial charge on any atom is -0.100 e. The Hall–Kier alpha value is -0.200. The van der Waals surface area contributed by atoms with Gasteiger partial charge in [0.25, 0.3) is 0 Å². The fourth-order valence-electron chi connectivity index (χ4n) is 1.48. The summed E-state index contributed by atoms with van der Waals surface area (Å²) in [4.78, 5) is -0.373. The molecule has 0 amide bonds. The van der Waals surface area contributed by atoms with Crippen LogP contribution in [0.15, 0.2) is 24.3 Å². The first-order valence-electron chi connectivity index (χ1n) is 4.16. The summed E-state index contributed by atoms with van der Waals surface area (Å²) in [7, 11) is 0. The van der Waals surface area contributed by atoms with E-state index in [2.05, 4.69) is 6.07 Å². The third-order valence-electron chi connectivity index (χ3n) is 2.25. The SMILES string of the molecule is ClC(Cl)c1ccccc1C1CC1. The van der Waals surface area contributed by atoms with Gasteiger partial charge in [0.2, 0.25) is 0 Å². The zero-order chi connectivity index (χ0) is 8.55. The lowest BCUT2D eigenvalue weighted by Crippen LogP contribution is -1.89. The quantitative estimate of drug-likeness (QED) is 0.633. The molecule has 1 aliphatic rings. The van der Waals surface area contributed by atoms with Crippen LogP contribution in [0.3, 0.4) is 0 Å². The molecular formula is C10H10Cl2. The van der Waals surface area contributed by atoms with Crippen LogP contribution in [-0.4, -0.2) is 0 Å². The Morgan fingerprint density at radius 3 is 2.42 bits per heavy atom. The normalized spacial score (nSPS) is 16.9. The number of halogens is 2. The Kier molecular flexibility index (Phi) is 2.29. The van der Waals surface area contributed by atoms with Crippen LogP contribution in [0.25, 0.3) is 0 Å². The Balaban J connectivity index is 2.36. The molecule has 2 rings (SSSR count). The van der Waals surface area contributed by atoms with Gasteiger partial charge in [-0.25, -0.2) is 0 Å². The van der Waals surface area contributed by atoms with Gasteiger partial charge in [-0.1, -0.05) is 24.3 Å². The van der Waals surface area contributed by atoms with Gasteiger partial charge in [-0.3, -0.25) is 0 Å². The molecular weight excluding hydrogens is 191 g/mol. The fraction of sp³-hybridized carbons (Fsp3) is 0.400. The highest BCUT2D eigenvalue weighted by atomic mass is 35.5. The summed E-state index contributed by atoms with van der Waals surface area (Å²) in [5, 5.41) is 0. The van der Waals surface area contributed by atoms with Crippen molar-refractivity contribution in [2.45, 2.75) is 23.6 Å². The summed E-state index contributed by atoms with van der Waals surface area (Å²) in [5.74, 6) is 0.723. The van der Waals surface area contributed by atoms with Crippen molar-refractivity contribution in [3.05, 3.63) is 35.4 Å². The molecule has 1 saturated carbocycles. The minimum absolute atomic E-state index is 0.373. The topological polar surface area (TPSA) is 0 Å². The molecule has 0 N–H and O–H groups in total. The van der Waals surface area contributed by atoms with Crippen molar-refractivity contribution in [1.29, 1.82) is 0 Å². The molecule has 1 aromatic rings. The largest absolute Gasteiger partial charge is 0.133 e. The second-order valence-corrected chi connectivity index (χ2v) is 4.30. The van der Waals surface area contributed by atoms with Crippen molar-refractivity contribution in [3.63, 3.8) is 0 Å². The van der Waals surface area contributed by atoms with E-state index >= 15 is 0 Å². The van der Waals surface area contributed by atoms with Gasteiger partial charge in [-0.15, -0.1) is 23.2 Å². The van der Waals surface area contributed by atoms with Crippen LogP contribution in [0.2, 0.25) is 0 Å². The highest BCUT2D eigenvalue weighted by Crippen LogP contribution is 2.44. The van der Waals surface area contributed by atoms with E-state index in [9.17, 15) is 0 Å². The van der Waals surface area contributed by atoms with Crippen LogP contribution in [0.1, 0.15) is 34.7 Å². The zero-order valence-electron chi connectivity index (χ0n) is 6.63. The van der Waals surface area contributed by atoms with E-state index in [0.717, 1.165) is 11.5 Å². The summed E-state index contributed by atoms with van der Waals surface area (Å²) in [6.45, 7) is 0. The van der Waals surface area contributed by atoms with Gasteiger partial charge < -0.3 is 0 Å². The van der Waals surface area contributed by atoms with E-state index in [1.165, 1.54) is 18.4 Å². The molecule has 0 bridgehead atoms. The van der Waals surface area contributed by atoms with Gasteiger partial charge in [0.05, 0.1) is 0 Å². The average Bonchev–Trinajstić information content (AvgIpc) is 2.87. The Labute approximate surface area is 82.5 Å². The van der Waals surface area contributed by atoms with E-state index in [1.807, 2.05) is 18.2 Å². The van der Waals surface area contributed by atoms with E-state index < -0.39 is 0 Å². The Bertz CT molecular complexity index is 256. The van der Waals surface area contributed by atoms with Gasteiger partial charge >= 0.3 is 0 Å². The molecule has 0 unspecified atom stereocenters. The van der Waals surface area contributed by atoms with Crippen molar-refractivity contribution < 1.29 is 0 Å². The van der Waals surface area contributed by atoms with Crippen LogP contribution in [0.5, 0.6) is 0 Å². The lowest BCUT2D eigenvalue weighted by atomic mass is 10.1. The smallest absolute Gasteiger partial charge is 0.100 e. The molecule has 12 heavy (non-hydrogen) atoms. The molecule has 0 radical (unpaired) electrons. The highest BCUT2D eigenvalue weighted by molar-refractivity contribution is 6.44. The summed E-state index contributed by atoms with van der Waals surface area (Å²) < 4.78 is 0. The molecule has 2 heteroatoms. The van der Waals surface area contributed by atoms with E-state index in [1.54, 1.807) is 0 Å². The van der Waals surface area contributed by atoms with Crippen molar-refractivity contribution in [3.8, 4) is 0 Å². The van der Waals surface area contributed by atoms with Crippen molar-refractivity contribution in [2.75, 3.05) is 0 Å². The number of hydrogen-bond acceptors (Lipinski definition) is 0. The summed E-state index contributed by atoms with van der Waals surface area (Å²) in [5.41, 5.74) is 2.43. The standard InChI is InChI=1S/C10H10Cl2/c11-10(12)9-4-2-1-3-8(9)7-5-6-7/h1-4,7,10H,5-6H2. The zero-order valence-corrected chi connectivity index (χ0v) is 8.15. The predicted molar refractivity (Wildman–Crippen MR) is 52.9 cm³/mol. The molecule has 0 spiro atoms. The van der Waals surface area contributed by atoms with Gasteiger partial charge in [-0.05, 0) is 29.9 Å². The van der Waals surface area contributed by atoms with Crippen molar-refractivity contribution >= 4 is 23.2 Å². The highest BCUT2D eigenvalue weighted by Gasteiger charge is 2.26. The Morgan fingerprint density at radius 2 is 1.83 bits per heavy atom. The minimum atomic E-state index is -0.373. The molecule has 0 aliphatic heterocycles. The van der Waals surface area contributed by atoms with E-state index in [4.69, 9.17) is 23.2 Å². The van der Waals surface area contributed by atoms with Crippen molar-refractivity contribution in [2.24, 2.45) is 0 Å². The maximum Gasteiger partial charge on any atom is 0.133 e. The van der Waals surface area contributed by atoms with Gasteiger partial charge in [-0.2, -0.15) is 0 Å². The lowest BCUT2D eigenvalue weighted by molar-refractivity contribution is 1.08. The second-order valence-electron chi connectivity index (χ2n) is 3.20. The first kappa shape index (κ1) is 8.40. The maximum absolute atomic E-state index is 5.85. The van der Waals surface area contributed by atoms with Gasteiger partial charge in [0, 0.05) is 0 Å². The third-order valence-corrected chi connectivity index (χ3v) is 2.72. The number of alkyl halides is 2. The van der Waals surface area contributed by atoms with Crippen molar-refractivity contribution in [1.82, 2.24) is 0 Å². The molecule has 64 valence electrons. The predicted octanol–water partition coefficient (Wildman–Crippen LogP) is 4.04. The lowest BCUT2D eigenvalue weighted by Gasteiger charge is -2.07. The molecule has 0 aromatic heterocycles. The molecule has 0 nitrogen and oxygen atoms in total. The molecule has 0 saturated heterocycles. The number of rotatable bonds is 2. The Morgan fingerprint density at radius 1 is 1.17 bits per heavy atom.